The molecule has 0 aliphatic heterocycles. The maximum Gasteiger partial charge on any atom is 0.0349 e. The molecule has 0 N–H and O–H groups in total. The van der Waals surface area contributed by atoms with Crippen molar-refractivity contribution in [1.82, 2.24) is 0 Å². The second kappa shape index (κ2) is 5.05. The Labute approximate surface area is 108 Å². The number of fused-ring (bicyclic) bond motifs is 1. The van der Waals surface area contributed by atoms with Gasteiger partial charge in [-0.15, -0.1) is 11.3 Å². The van der Waals surface area contributed by atoms with Crippen LogP contribution in [0, 0.1) is 0 Å². The summed E-state index contributed by atoms with van der Waals surface area (Å²) in [5, 5.41) is 1.40. The topological polar surface area (TPSA) is 0 Å². The van der Waals surface area contributed by atoms with Crippen LogP contribution in [0.25, 0.3) is 15.7 Å². The van der Waals surface area contributed by atoms with Crippen LogP contribution in [0.2, 0.25) is 0 Å². The van der Waals surface area contributed by atoms with Crippen LogP contribution in [0.4, 0.5) is 0 Å². The van der Waals surface area contributed by atoms with Crippen molar-refractivity contribution < 1.29 is 0 Å². The number of thiophene rings is 1. The summed E-state index contributed by atoms with van der Waals surface area (Å²) in [4.78, 5) is 1.42. The van der Waals surface area contributed by atoms with Gasteiger partial charge in [-0.05, 0) is 55.3 Å². The van der Waals surface area contributed by atoms with E-state index in [1.54, 1.807) is 0 Å². The van der Waals surface area contributed by atoms with Crippen molar-refractivity contribution in [2.45, 2.75) is 40.5 Å². The van der Waals surface area contributed by atoms with E-state index in [1.165, 1.54) is 31.7 Å². The molecule has 1 heteroatoms. The first-order chi connectivity index (χ1) is 8.15. The lowest BCUT2D eigenvalue weighted by Crippen LogP contribution is -1.79. The van der Waals surface area contributed by atoms with Gasteiger partial charge in [-0.25, -0.2) is 0 Å². The zero-order chi connectivity index (χ0) is 12.4. The summed E-state index contributed by atoms with van der Waals surface area (Å²) < 4.78 is 1.40. The van der Waals surface area contributed by atoms with Gasteiger partial charge < -0.3 is 0 Å². The molecule has 0 saturated carbocycles. The maximum absolute atomic E-state index is 2.34. The van der Waals surface area contributed by atoms with Crippen molar-refractivity contribution in [2.24, 2.45) is 0 Å². The van der Waals surface area contributed by atoms with Crippen LogP contribution in [-0.2, 0) is 6.42 Å². The molecular weight excluding hydrogens is 224 g/mol. The number of benzene rings is 1. The van der Waals surface area contributed by atoms with Gasteiger partial charge in [0.2, 0.25) is 0 Å². The molecule has 0 atom stereocenters. The van der Waals surface area contributed by atoms with Crippen molar-refractivity contribution in [3.63, 3.8) is 0 Å². The molecular formula is C16H20S. The van der Waals surface area contributed by atoms with Gasteiger partial charge in [-0.3, -0.25) is 0 Å². The van der Waals surface area contributed by atoms with E-state index in [1.807, 2.05) is 11.3 Å². The Kier molecular flexibility index (Phi) is 3.68. The minimum Gasteiger partial charge on any atom is -0.136 e. The summed E-state index contributed by atoms with van der Waals surface area (Å²) in [5.74, 6) is 0. The summed E-state index contributed by atoms with van der Waals surface area (Å²) in [5.41, 5.74) is 4.37. The van der Waals surface area contributed by atoms with Gasteiger partial charge in [0.15, 0.2) is 0 Å². The lowest BCUT2D eigenvalue weighted by Gasteiger charge is -2.01. The molecule has 17 heavy (non-hydrogen) atoms. The van der Waals surface area contributed by atoms with Crippen LogP contribution in [0.5, 0.6) is 0 Å². The molecule has 0 radical (unpaired) electrons. The van der Waals surface area contributed by atoms with Gasteiger partial charge in [-0.2, -0.15) is 0 Å². The highest BCUT2D eigenvalue weighted by atomic mass is 32.1. The van der Waals surface area contributed by atoms with Gasteiger partial charge in [-0.1, -0.05) is 31.6 Å². The summed E-state index contributed by atoms with van der Waals surface area (Å²) in [7, 11) is 0. The van der Waals surface area contributed by atoms with Gasteiger partial charge in [0.25, 0.3) is 0 Å². The molecule has 90 valence electrons. The number of hydrogen-bond donors (Lipinski definition) is 0. The number of allylic oxidation sites excluding steroid dienone is 2. The van der Waals surface area contributed by atoms with Gasteiger partial charge >= 0.3 is 0 Å². The van der Waals surface area contributed by atoms with Gasteiger partial charge in [0, 0.05) is 9.58 Å². The molecule has 2 aromatic rings. The Morgan fingerprint density at radius 2 is 1.88 bits per heavy atom. The molecule has 0 amide bonds. The van der Waals surface area contributed by atoms with E-state index in [4.69, 9.17) is 0 Å². The molecule has 0 aliphatic rings. The SMILES string of the molecule is CC/C(C)=C(/C)c1cc2cc(CC)ccc2s1. The highest BCUT2D eigenvalue weighted by Crippen LogP contribution is 2.32. The van der Waals surface area contributed by atoms with E-state index in [9.17, 15) is 0 Å². The second-order valence-electron chi connectivity index (χ2n) is 4.60. The largest absolute Gasteiger partial charge is 0.136 e. The van der Waals surface area contributed by atoms with Crippen LogP contribution < -0.4 is 0 Å². The summed E-state index contributed by atoms with van der Waals surface area (Å²) in [6.07, 6.45) is 2.25. The second-order valence-corrected chi connectivity index (χ2v) is 5.68. The first kappa shape index (κ1) is 12.4. The van der Waals surface area contributed by atoms with E-state index in [2.05, 4.69) is 52.0 Å². The molecule has 0 fully saturated rings. The first-order valence-electron chi connectivity index (χ1n) is 6.34. The van der Waals surface area contributed by atoms with Crippen molar-refractivity contribution in [3.05, 3.63) is 40.3 Å². The van der Waals surface area contributed by atoms with E-state index in [0.29, 0.717) is 0 Å². The Balaban J connectivity index is 2.51. The van der Waals surface area contributed by atoms with Gasteiger partial charge in [0.1, 0.15) is 0 Å². The monoisotopic (exact) mass is 244 g/mol. The molecule has 0 nitrogen and oxygen atoms in total. The standard InChI is InChI=1S/C16H20S/c1-5-11(3)12(4)16-10-14-9-13(6-2)7-8-15(14)17-16/h7-10H,5-6H2,1-4H3/b12-11-. The lowest BCUT2D eigenvalue weighted by molar-refractivity contribution is 1.10. The Morgan fingerprint density at radius 1 is 1.12 bits per heavy atom. The van der Waals surface area contributed by atoms with Crippen molar-refractivity contribution in [2.75, 3.05) is 0 Å². The smallest absolute Gasteiger partial charge is 0.0349 e. The molecule has 0 bridgehead atoms. The summed E-state index contributed by atoms with van der Waals surface area (Å²) >= 11 is 1.91. The van der Waals surface area contributed by atoms with Crippen LogP contribution >= 0.6 is 11.3 Å². The molecule has 0 aliphatic carbocycles. The zero-order valence-corrected chi connectivity index (χ0v) is 11.9. The Bertz CT molecular complexity index is 558. The molecule has 1 aromatic heterocycles. The van der Waals surface area contributed by atoms with Crippen molar-refractivity contribution in [3.8, 4) is 0 Å². The fourth-order valence-electron chi connectivity index (χ4n) is 1.97. The number of hydrogen-bond acceptors (Lipinski definition) is 1. The highest BCUT2D eigenvalue weighted by Gasteiger charge is 2.05. The average molecular weight is 244 g/mol. The van der Waals surface area contributed by atoms with Crippen LogP contribution in [0.3, 0.4) is 0 Å². The quantitative estimate of drug-likeness (QED) is 0.653. The third-order valence-electron chi connectivity index (χ3n) is 3.53. The fraction of sp³-hybridized carbons (Fsp3) is 0.375. The zero-order valence-electron chi connectivity index (χ0n) is 11.1. The third-order valence-corrected chi connectivity index (χ3v) is 4.76. The summed E-state index contributed by atoms with van der Waals surface area (Å²) in [6, 6.07) is 9.17. The Hall–Kier alpha value is -1.08. The van der Waals surface area contributed by atoms with E-state index < -0.39 is 0 Å². The minimum atomic E-state index is 1.12. The minimum absolute atomic E-state index is 1.12. The first-order valence-corrected chi connectivity index (χ1v) is 7.16. The van der Waals surface area contributed by atoms with E-state index >= 15 is 0 Å². The molecule has 0 spiro atoms. The van der Waals surface area contributed by atoms with Crippen LogP contribution in [0.15, 0.2) is 29.8 Å². The molecule has 0 saturated heterocycles. The summed E-state index contributed by atoms with van der Waals surface area (Å²) in [6.45, 7) is 8.91. The maximum atomic E-state index is 2.34. The van der Waals surface area contributed by atoms with Crippen LogP contribution in [-0.4, -0.2) is 0 Å². The van der Waals surface area contributed by atoms with Crippen LogP contribution in [0.1, 0.15) is 44.6 Å². The average Bonchev–Trinajstić information content (AvgIpc) is 2.79. The fourth-order valence-corrected chi connectivity index (χ4v) is 3.09. The highest BCUT2D eigenvalue weighted by molar-refractivity contribution is 7.20. The van der Waals surface area contributed by atoms with Crippen molar-refractivity contribution in [1.29, 1.82) is 0 Å². The number of aryl methyl sites for hydroxylation is 1. The van der Waals surface area contributed by atoms with E-state index in [-0.39, 0.29) is 0 Å². The normalized spacial score (nSPS) is 12.9. The lowest BCUT2D eigenvalue weighted by atomic mass is 10.1. The van der Waals surface area contributed by atoms with E-state index in [0.717, 1.165) is 12.8 Å². The third kappa shape index (κ3) is 2.44. The number of rotatable bonds is 3. The van der Waals surface area contributed by atoms with Gasteiger partial charge in [0.05, 0.1) is 0 Å². The molecule has 1 heterocycles. The molecule has 2 rings (SSSR count). The predicted octanol–water partition coefficient (Wildman–Crippen LogP) is 5.67. The van der Waals surface area contributed by atoms with Crippen molar-refractivity contribution >= 4 is 27.0 Å². The molecule has 0 unspecified atom stereocenters. The Morgan fingerprint density at radius 3 is 2.53 bits per heavy atom. The molecule has 1 aromatic carbocycles. The predicted molar refractivity (Wildman–Crippen MR) is 79.8 cm³/mol.